The first-order valence-electron chi connectivity index (χ1n) is 23.0. The lowest BCUT2D eigenvalue weighted by atomic mass is 9.49. The van der Waals surface area contributed by atoms with Crippen molar-refractivity contribution >= 4 is 23.1 Å². The molecule has 3 aromatic rings. The highest BCUT2D eigenvalue weighted by molar-refractivity contribution is 6.31. The minimum Gasteiger partial charge on any atom is -0.489 e. The van der Waals surface area contributed by atoms with E-state index in [1.54, 1.807) is 23.1 Å². The minimum absolute atomic E-state index is 0.0169. The van der Waals surface area contributed by atoms with Crippen LogP contribution in [0.15, 0.2) is 66.9 Å². The number of nitrogens with zero attached hydrogens (tertiary/aromatic N) is 4. The van der Waals surface area contributed by atoms with Crippen LogP contribution >= 0.6 is 11.6 Å². The third-order valence-electron chi connectivity index (χ3n) is 14.5. The van der Waals surface area contributed by atoms with Crippen molar-refractivity contribution < 1.29 is 19.4 Å². The zero-order chi connectivity index (χ0) is 44.6. The molecule has 12 nitrogen and oxygen atoms in total. The largest absolute Gasteiger partial charge is 0.489 e. The maximum Gasteiger partial charge on any atom is 0.244 e. The van der Waals surface area contributed by atoms with E-state index >= 15 is 0 Å². The van der Waals surface area contributed by atoms with Crippen molar-refractivity contribution in [2.24, 2.45) is 22.7 Å². The molecule has 338 valence electrons. The second kappa shape index (κ2) is 18.8. The molecule has 1 aliphatic carbocycles. The number of aliphatic hydroxyl groups is 1. The number of nitrogens with one attached hydrogen (secondary N) is 4. The Kier molecular flexibility index (Phi) is 13.6. The summed E-state index contributed by atoms with van der Waals surface area (Å²) in [7, 11) is 1.85. The first kappa shape index (κ1) is 45.5. The molecule has 1 saturated carbocycles. The molecule has 0 aromatic heterocycles. The number of halogens is 1. The number of fused-ring (bicyclic) bond motifs is 1. The fourth-order valence-corrected chi connectivity index (χ4v) is 11.3. The molecule has 8 rings (SSSR count). The van der Waals surface area contributed by atoms with E-state index in [0.29, 0.717) is 35.3 Å². The summed E-state index contributed by atoms with van der Waals surface area (Å²) >= 11 is 6.29. The van der Waals surface area contributed by atoms with E-state index in [1.165, 1.54) is 16.7 Å². The average molecular weight is 880 g/mol. The number of aliphatic hydroxyl groups excluding tert-OH is 1. The van der Waals surface area contributed by atoms with Crippen LogP contribution in [0.2, 0.25) is 5.02 Å². The average Bonchev–Trinajstić information content (AvgIpc) is 3.77. The molecular weight excluding hydrogens is 812 g/mol. The molecule has 13 heteroatoms. The van der Waals surface area contributed by atoms with Gasteiger partial charge >= 0.3 is 0 Å². The quantitative estimate of drug-likeness (QED) is 0.116. The fraction of sp³-hybridized carbons (Fsp3) is 0.560. The summed E-state index contributed by atoms with van der Waals surface area (Å²) in [6.07, 6.45) is 4.30. The van der Waals surface area contributed by atoms with Crippen molar-refractivity contribution in [3.05, 3.63) is 94.1 Å². The van der Waals surface area contributed by atoms with Gasteiger partial charge in [-0.3, -0.25) is 25.6 Å². The SMILES string of the molecule is CC(C)c1ccc(Oc2cccc(CCCN3CCN(C4NCC(C(O)NC5C(C)(C)C(Oc6ccc(C#N)c(Cl)c6)C5(C)C)CN4)CC3)c2)c(C2=CN(C)C(=O)C3NCCC23)c1. The van der Waals surface area contributed by atoms with Gasteiger partial charge in [-0.2, -0.15) is 5.26 Å². The van der Waals surface area contributed by atoms with Gasteiger partial charge in [0.05, 0.1) is 16.6 Å². The normalized spacial score (nSPS) is 27.6. The maximum absolute atomic E-state index is 12.9. The minimum atomic E-state index is -0.676. The summed E-state index contributed by atoms with van der Waals surface area (Å²) in [5.41, 5.74) is 4.69. The van der Waals surface area contributed by atoms with Gasteiger partial charge in [-0.15, -0.1) is 0 Å². The number of carbonyl (C=O) groups is 1. The van der Waals surface area contributed by atoms with Gasteiger partial charge in [0.1, 0.15) is 41.9 Å². The lowest BCUT2D eigenvalue weighted by Gasteiger charge is -2.64. The highest BCUT2D eigenvalue weighted by Crippen LogP contribution is 2.56. The second-order valence-electron chi connectivity index (χ2n) is 19.9. The molecule has 4 heterocycles. The standard InChI is InChI=1S/C50H67ClN8O4/c1-31(2)33-14-16-42(39(25-33)40-30-57(7)45(61)43-38(40)17-18-53-43)62-36-12-8-10-32(24-36)11-9-19-58-20-22-59(23-21-58)48-54-28-35(29-55-48)44(60)56-46-49(3,4)47(50(46,5)6)63-37-15-13-34(27-52)41(51)26-37/h8,10,12-16,24-26,30-31,35,38,43-44,46-48,53-56,60H,9,11,17-23,28-29H2,1-7H3. The zero-order valence-electron chi connectivity index (χ0n) is 38.1. The maximum atomic E-state index is 12.9. The van der Waals surface area contributed by atoms with Crippen LogP contribution in [0.1, 0.15) is 82.6 Å². The van der Waals surface area contributed by atoms with E-state index in [2.05, 4.69) is 115 Å². The van der Waals surface area contributed by atoms with Gasteiger partial charge in [0.15, 0.2) is 0 Å². The molecule has 5 aliphatic rings. The highest BCUT2D eigenvalue weighted by atomic mass is 35.5. The topological polar surface area (TPSA) is 137 Å². The van der Waals surface area contributed by atoms with E-state index in [9.17, 15) is 15.2 Å². The molecule has 3 unspecified atom stereocenters. The zero-order valence-corrected chi connectivity index (χ0v) is 38.8. The van der Waals surface area contributed by atoms with E-state index in [1.807, 2.05) is 19.3 Å². The Balaban J connectivity index is 0.780. The summed E-state index contributed by atoms with van der Waals surface area (Å²) in [5.74, 6) is 2.96. The smallest absolute Gasteiger partial charge is 0.244 e. The Hall–Kier alpha value is -4.03. The molecule has 0 radical (unpaired) electrons. The summed E-state index contributed by atoms with van der Waals surface area (Å²) in [6.45, 7) is 20.4. The number of hydrogen-bond acceptors (Lipinski definition) is 11. The summed E-state index contributed by atoms with van der Waals surface area (Å²) in [5, 5.41) is 35.4. The Morgan fingerprint density at radius 3 is 2.41 bits per heavy atom. The van der Waals surface area contributed by atoms with E-state index < -0.39 is 6.23 Å². The molecule has 3 atom stereocenters. The van der Waals surface area contributed by atoms with Gasteiger partial charge < -0.3 is 29.7 Å². The third kappa shape index (κ3) is 9.54. The molecule has 3 saturated heterocycles. The van der Waals surface area contributed by atoms with Crippen molar-refractivity contribution in [1.82, 2.24) is 36.0 Å². The van der Waals surface area contributed by atoms with Gasteiger partial charge in [-0.25, -0.2) is 0 Å². The van der Waals surface area contributed by atoms with Crippen molar-refractivity contribution in [1.29, 1.82) is 5.26 Å². The predicted molar refractivity (Wildman–Crippen MR) is 248 cm³/mol. The van der Waals surface area contributed by atoms with Crippen molar-refractivity contribution in [2.75, 3.05) is 59.4 Å². The molecule has 0 spiro atoms. The molecule has 4 fully saturated rings. The van der Waals surface area contributed by atoms with Gasteiger partial charge in [0.25, 0.3) is 0 Å². The van der Waals surface area contributed by atoms with Gasteiger partial charge in [-0.05, 0) is 91.4 Å². The van der Waals surface area contributed by atoms with E-state index in [4.69, 9.17) is 21.1 Å². The Morgan fingerprint density at radius 1 is 0.968 bits per heavy atom. The van der Waals surface area contributed by atoms with Gasteiger partial charge in [0, 0.05) is 92.9 Å². The monoisotopic (exact) mass is 878 g/mol. The van der Waals surface area contributed by atoms with E-state index in [-0.39, 0.29) is 53.1 Å². The van der Waals surface area contributed by atoms with Crippen LogP contribution in [0.25, 0.3) is 5.57 Å². The lowest BCUT2D eigenvalue weighted by molar-refractivity contribution is -0.182. The van der Waals surface area contributed by atoms with Crippen molar-refractivity contribution in [3.63, 3.8) is 0 Å². The summed E-state index contributed by atoms with van der Waals surface area (Å²) in [4.78, 5) is 19.7. The molecule has 1 amide bonds. The van der Waals surface area contributed by atoms with Crippen LogP contribution < -0.4 is 30.7 Å². The molecular formula is C50H67ClN8O4. The molecule has 0 bridgehead atoms. The number of benzene rings is 3. The molecule has 3 aromatic carbocycles. The number of aryl methyl sites for hydroxylation is 1. The van der Waals surface area contributed by atoms with Crippen LogP contribution in [-0.4, -0.2) is 116 Å². The Labute approximate surface area is 379 Å². The molecule has 4 aliphatic heterocycles. The number of hydrogen-bond donors (Lipinski definition) is 5. The number of piperazine rings is 1. The number of rotatable bonds is 14. The Bertz CT molecular complexity index is 2170. The summed E-state index contributed by atoms with van der Waals surface area (Å²) < 4.78 is 13.1. The number of carbonyl (C=O) groups excluding carboxylic acids is 1. The first-order chi connectivity index (χ1) is 30.1. The lowest BCUT2D eigenvalue weighted by Crippen LogP contribution is -2.76. The predicted octanol–water partition coefficient (Wildman–Crippen LogP) is 6.35. The van der Waals surface area contributed by atoms with Crippen molar-refractivity contribution in [3.8, 4) is 23.3 Å². The molecule has 5 N–H and O–H groups in total. The van der Waals surface area contributed by atoms with Gasteiger partial charge in [-0.1, -0.05) is 71.3 Å². The summed E-state index contributed by atoms with van der Waals surface area (Å²) in [6, 6.07) is 22.2. The van der Waals surface area contributed by atoms with Crippen LogP contribution in [-0.2, 0) is 11.2 Å². The van der Waals surface area contributed by atoms with Crippen molar-refractivity contribution in [2.45, 2.75) is 97.4 Å². The van der Waals surface area contributed by atoms with Crippen LogP contribution in [0.5, 0.6) is 17.2 Å². The first-order valence-corrected chi connectivity index (χ1v) is 23.4. The van der Waals surface area contributed by atoms with Crippen LogP contribution in [0, 0.1) is 34.0 Å². The third-order valence-corrected chi connectivity index (χ3v) is 14.8. The number of amides is 1. The van der Waals surface area contributed by atoms with Crippen LogP contribution in [0.4, 0.5) is 0 Å². The fourth-order valence-electron chi connectivity index (χ4n) is 11.1. The van der Waals surface area contributed by atoms with E-state index in [0.717, 1.165) is 75.6 Å². The number of ether oxygens (including phenoxy) is 2. The van der Waals surface area contributed by atoms with Gasteiger partial charge in [0.2, 0.25) is 5.91 Å². The second-order valence-corrected chi connectivity index (χ2v) is 20.3. The highest BCUT2D eigenvalue weighted by Gasteiger charge is 2.64. The van der Waals surface area contributed by atoms with Crippen LogP contribution in [0.3, 0.4) is 0 Å². The Morgan fingerprint density at radius 2 is 1.71 bits per heavy atom. The number of likely N-dealkylation sites (N-methyl/N-ethyl adjacent to an activating group) is 1. The number of nitriles is 1. The molecule has 63 heavy (non-hydrogen) atoms.